The van der Waals surface area contributed by atoms with E-state index in [0.717, 1.165) is 9.60 Å². The zero-order valence-electron chi connectivity index (χ0n) is 14.2. The molecular formula is C18H13Cl2F2N3O2S. The van der Waals surface area contributed by atoms with E-state index >= 15 is 0 Å². The first-order valence-electron chi connectivity index (χ1n) is 8.33. The van der Waals surface area contributed by atoms with Crippen LogP contribution in [0.25, 0.3) is 21.2 Å². The predicted octanol–water partition coefficient (Wildman–Crippen LogP) is 3.95. The summed E-state index contributed by atoms with van der Waals surface area (Å²) in [6.45, 7) is -0.881. The normalized spacial score (nSPS) is 19.5. The number of rotatable bonds is 3. The first-order valence-corrected chi connectivity index (χ1v) is 9.96. The fraction of sp³-hybridized carbons (Fsp3) is 0.278. The van der Waals surface area contributed by atoms with Crippen LogP contribution in [0.1, 0.15) is 0 Å². The third kappa shape index (κ3) is 3.40. The van der Waals surface area contributed by atoms with E-state index in [4.69, 9.17) is 23.2 Å². The number of halogens is 4. The largest absolute Gasteiger partial charge is 0.335 e. The van der Waals surface area contributed by atoms with E-state index in [0.29, 0.717) is 16.5 Å². The quantitative estimate of drug-likeness (QED) is 0.575. The van der Waals surface area contributed by atoms with E-state index in [1.807, 2.05) is 0 Å². The van der Waals surface area contributed by atoms with Gasteiger partial charge in [0.05, 0.1) is 23.5 Å². The van der Waals surface area contributed by atoms with Crippen molar-refractivity contribution in [2.45, 2.75) is 18.9 Å². The highest BCUT2D eigenvalue weighted by Gasteiger charge is 2.35. The van der Waals surface area contributed by atoms with Gasteiger partial charge in [-0.2, -0.15) is 0 Å². The van der Waals surface area contributed by atoms with Gasteiger partial charge in [0.1, 0.15) is 11.7 Å². The molecule has 28 heavy (non-hydrogen) atoms. The van der Waals surface area contributed by atoms with E-state index in [9.17, 15) is 18.4 Å². The lowest BCUT2D eigenvalue weighted by atomic mass is 10.1. The Balaban J connectivity index is 1.70. The summed E-state index contributed by atoms with van der Waals surface area (Å²) >= 11 is 13.3. The second-order valence-corrected chi connectivity index (χ2v) is 8.14. The molecule has 146 valence electrons. The number of nitrogens with zero attached hydrogens (tertiary/aromatic N) is 3. The van der Waals surface area contributed by atoms with Crippen molar-refractivity contribution in [1.29, 1.82) is 0 Å². The van der Waals surface area contributed by atoms with Gasteiger partial charge in [-0.1, -0.05) is 23.2 Å². The van der Waals surface area contributed by atoms with Gasteiger partial charge < -0.3 is 9.47 Å². The lowest BCUT2D eigenvalue weighted by Crippen LogP contribution is -2.35. The highest BCUT2D eigenvalue weighted by Crippen LogP contribution is 2.33. The Morgan fingerprint density at radius 2 is 2.00 bits per heavy atom. The molecule has 0 aliphatic carbocycles. The van der Waals surface area contributed by atoms with Crippen molar-refractivity contribution in [3.8, 4) is 11.1 Å². The summed E-state index contributed by atoms with van der Waals surface area (Å²) in [5.41, 5.74) is 0.884. The third-order valence-corrected chi connectivity index (χ3v) is 6.28. The van der Waals surface area contributed by atoms with Crippen LogP contribution in [0.3, 0.4) is 0 Å². The minimum atomic E-state index is -1.69. The molecule has 0 saturated carbocycles. The monoisotopic (exact) mass is 443 g/mol. The van der Waals surface area contributed by atoms with Crippen molar-refractivity contribution in [3.05, 3.63) is 50.4 Å². The highest BCUT2D eigenvalue weighted by atomic mass is 35.5. The number of carbonyl (C=O) groups excluding carboxylic acids is 1. The first-order chi connectivity index (χ1) is 13.3. The van der Waals surface area contributed by atoms with Gasteiger partial charge in [-0.05, 0) is 12.1 Å². The molecule has 2 atom stereocenters. The van der Waals surface area contributed by atoms with Gasteiger partial charge in [-0.25, -0.2) is 13.8 Å². The molecule has 1 aliphatic heterocycles. The van der Waals surface area contributed by atoms with Gasteiger partial charge in [0.25, 0.3) is 5.56 Å². The Morgan fingerprint density at radius 3 is 2.68 bits per heavy atom. The summed E-state index contributed by atoms with van der Waals surface area (Å²) in [5, 5.41) is 2.66. The van der Waals surface area contributed by atoms with Crippen molar-refractivity contribution >= 4 is 50.5 Å². The summed E-state index contributed by atoms with van der Waals surface area (Å²) in [5.74, 6) is -0.503. The van der Waals surface area contributed by atoms with Crippen LogP contribution in [-0.4, -0.2) is 45.8 Å². The van der Waals surface area contributed by atoms with Crippen LogP contribution in [0.5, 0.6) is 0 Å². The number of likely N-dealkylation sites (tertiary alicyclic amines) is 1. The van der Waals surface area contributed by atoms with Gasteiger partial charge in [0.15, 0.2) is 12.3 Å². The zero-order valence-corrected chi connectivity index (χ0v) is 16.6. The topological polar surface area (TPSA) is 55.2 Å². The standard InChI is InChI=1S/C18H13Cl2F2N3O2S/c19-11-3-9(4-23-17(11)20)10-8-28-14-1-2-24(18(27)16(10)14)7-15(26)25-5-12(21)13(22)6-25/h1-4,8,12-13H,5-7H2. The summed E-state index contributed by atoms with van der Waals surface area (Å²) < 4.78 is 28.7. The van der Waals surface area contributed by atoms with Gasteiger partial charge in [0, 0.05) is 33.6 Å². The van der Waals surface area contributed by atoms with Crippen LogP contribution in [0, 0.1) is 0 Å². The Labute approximate surface area is 172 Å². The molecule has 0 bridgehead atoms. The van der Waals surface area contributed by atoms with Gasteiger partial charge in [0.2, 0.25) is 5.91 Å². The van der Waals surface area contributed by atoms with Crippen molar-refractivity contribution in [1.82, 2.24) is 14.5 Å². The van der Waals surface area contributed by atoms with E-state index in [-0.39, 0.29) is 35.4 Å². The van der Waals surface area contributed by atoms with Crippen molar-refractivity contribution in [2.75, 3.05) is 13.1 Å². The van der Waals surface area contributed by atoms with Crippen molar-refractivity contribution in [3.63, 3.8) is 0 Å². The number of carbonyl (C=O) groups is 1. The molecule has 1 fully saturated rings. The Hall–Kier alpha value is -2.03. The van der Waals surface area contributed by atoms with E-state index in [2.05, 4.69) is 4.98 Å². The molecule has 4 heterocycles. The van der Waals surface area contributed by atoms with Crippen LogP contribution < -0.4 is 5.56 Å². The van der Waals surface area contributed by atoms with Gasteiger partial charge >= 0.3 is 0 Å². The fourth-order valence-electron chi connectivity index (χ4n) is 3.16. The lowest BCUT2D eigenvalue weighted by Gasteiger charge is -2.16. The molecule has 1 aliphatic rings. The number of aromatic nitrogens is 2. The molecule has 1 amide bonds. The molecule has 3 aromatic heterocycles. The maximum absolute atomic E-state index is 13.4. The molecule has 4 rings (SSSR count). The summed E-state index contributed by atoms with van der Waals surface area (Å²) in [6, 6.07) is 3.34. The average molecular weight is 444 g/mol. The van der Waals surface area contributed by atoms with E-state index in [1.54, 1.807) is 17.5 Å². The van der Waals surface area contributed by atoms with Gasteiger partial charge in [-0.3, -0.25) is 9.59 Å². The minimum absolute atomic E-state index is 0.163. The Kier molecular flexibility index (Phi) is 5.11. The van der Waals surface area contributed by atoms with E-state index in [1.165, 1.54) is 28.3 Å². The van der Waals surface area contributed by atoms with Crippen LogP contribution in [0.4, 0.5) is 8.78 Å². The number of amides is 1. The van der Waals surface area contributed by atoms with Crippen LogP contribution in [0.15, 0.2) is 34.7 Å². The molecule has 0 aromatic carbocycles. The number of fused-ring (bicyclic) bond motifs is 1. The molecule has 3 aromatic rings. The highest BCUT2D eigenvalue weighted by molar-refractivity contribution is 7.17. The summed E-state index contributed by atoms with van der Waals surface area (Å²) in [4.78, 5) is 30.5. The van der Waals surface area contributed by atoms with Crippen LogP contribution in [-0.2, 0) is 11.3 Å². The predicted molar refractivity (Wildman–Crippen MR) is 106 cm³/mol. The zero-order chi connectivity index (χ0) is 20.0. The fourth-order valence-corrected chi connectivity index (χ4v) is 4.39. The maximum Gasteiger partial charge on any atom is 0.260 e. The number of thiophene rings is 1. The SMILES string of the molecule is O=C(Cn1ccc2scc(-c3cnc(Cl)c(Cl)c3)c2c1=O)N1CC(F)C(F)C1. The van der Waals surface area contributed by atoms with Gasteiger partial charge in [-0.15, -0.1) is 11.3 Å². The second kappa shape index (κ2) is 7.42. The molecule has 0 spiro atoms. The maximum atomic E-state index is 13.4. The molecule has 1 saturated heterocycles. The number of hydrogen-bond acceptors (Lipinski definition) is 4. The number of hydrogen-bond donors (Lipinski definition) is 0. The molecule has 0 radical (unpaired) electrons. The second-order valence-electron chi connectivity index (χ2n) is 6.46. The first kappa shape index (κ1) is 19.3. The van der Waals surface area contributed by atoms with Crippen LogP contribution in [0.2, 0.25) is 10.2 Å². The smallest absolute Gasteiger partial charge is 0.260 e. The number of alkyl halides is 2. The van der Waals surface area contributed by atoms with E-state index < -0.39 is 18.3 Å². The third-order valence-electron chi connectivity index (χ3n) is 4.65. The molecule has 2 unspecified atom stereocenters. The Bertz CT molecular complexity index is 1120. The molecule has 10 heteroatoms. The molecule has 0 N–H and O–H groups in total. The Morgan fingerprint density at radius 1 is 1.29 bits per heavy atom. The summed E-state index contributed by atoms with van der Waals surface area (Å²) in [7, 11) is 0. The summed E-state index contributed by atoms with van der Waals surface area (Å²) in [6.07, 6.45) is -0.348. The minimum Gasteiger partial charge on any atom is -0.335 e. The molecular weight excluding hydrogens is 431 g/mol. The van der Waals surface area contributed by atoms with Crippen LogP contribution >= 0.6 is 34.5 Å². The van der Waals surface area contributed by atoms with Crippen molar-refractivity contribution < 1.29 is 13.6 Å². The average Bonchev–Trinajstić information content (AvgIpc) is 3.24. The number of pyridine rings is 2. The van der Waals surface area contributed by atoms with Crippen molar-refractivity contribution in [2.24, 2.45) is 0 Å². The molecule has 5 nitrogen and oxygen atoms in total. The lowest BCUT2D eigenvalue weighted by molar-refractivity contribution is -0.131.